The molecule has 6 nitrogen and oxygen atoms in total. The molecule has 1 amide bonds. The number of nitrogens with one attached hydrogen (secondary N) is 1. The minimum absolute atomic E-state index is 0.229. The van der Waals surface area contributed by atoms with E-state index in [4.69, 9.17) is 0 Å². The highest BCUT2D eigenvalue weighted by Gasteiger charge is 2.37. The first-order valence-electron chi connectivity index (χ1n) is 8.24. The van der Waals surface area contributed by atoms with Gasteiger partial charge < -0.3 is 5.32 Å². The number of carbonyl (C=O) groups is 1. The number of carbonyl (C=O) groups excluding carboxylic acids is 1. The van der Waals surface area contributed by atoms with Crippen molar-refractivity contribution in [3.8, 4) is 0 Å². The zero-order valence-electron chi connectivity index (χ0n) is 14.0. The fourth-order valence-electron chi connectivity index (χ4n) is 2.96. The summed E-state index contributed by atoms with van der Waals surface area (Å²) < 4.78 is 27.2. The number of amides is 1. The molecule has 3 rings (SSSR count). The molecule has 2 aromatic rings. The van der Waals surface area contributed by atoms with Gasteiger partial charge in [-0.1, -0.05) is 24.6 Å². The Morgan fingerprint density at radius 1 is 1.32 bits per heavy atom. The van der Waals surface area contributed by atoms with Crippen LogP contribution in [0, 0.1) is 6.92 Å². The third kappa shape index (κ3) is 4.08. The molecule has 1 fully saturated rings. The van der Waals surface area contributed by atoms with Crippen LogP contribution in [0.2, 0.25) is 0 Å². The van der Waals surface area contributed by atoms with Crippen LogP contribution < -0.4 is 5.32 Å². The fourth-order valence-corrected chi connectivity index (χ4v) is 5.37. The third-order valence-electron chi connectivity index (χ3n) is 4.21. The van der Waals surface area contributed by atoms with Gasteiger partial charge in [0.2, 0.25) is 15.9 Å². The van der Waals surface area contributed by atoms with Crippen LogP contribution in [0.3, 0.4) is 0 Å². The Bertz CT molecular complexity index is 834. The second-order valence-corrected chi connectivity index (χ2v) is 9.21. The zero-order chi connectivity index (χ0) is 17.9. The summed E-state index contributed by atoms with van der Waals surface area (Å²) in [6.07, 6.45) is 3.89. The lowest BCUT2D eigenvalue weighted by atomic mass is 10.0. The lowest BCUT2D eigenvalue weighted by molar-refractivity contribution is -0.125. The molecule has 1 aliphatic rings. The van der Waals surface area contributed by atoms with E-state index >= 15 is 0 Å². The minimum Gasteiger partial charge on any atom is -0.350 e. The molecule has 0 bridgehead atoms. The molecule has 0 aliphatic carbocycles. The Labute approximate surface area is 151 Å². The van der Waals surface area contributed by atoms with Gasteiger partial charge in [0.15, 0.2) is 0 Å². The number of aryl methyl sites for hydroxylation is 1. The molecule has 1 N–H and O–H groups in total. The average molecular weight is 380 g/mol. The quantitative estimate of drug-likeness (QED) is 0.865. The van der Waals surface area contributed by atoms with Gasteiger partial charge in [-0.3, -0.25) is 4.79 Å². The zero-order valence-corrected chi connectivity index (χ0v) is 15.6. The fraction of sp³-hybridized carbons (Fsp3) is 0.412. The van der Waals surface area contributed by atoms with Gasteiger partial charge in [0.25, 0.3) is 0 Å². The number of piperidine rings is 1. The van der Waals surface area contributed by atoms with E-state index in [0.29, 0.717) is 19.5 Å². The molecule has 1 aromatic heterocycles. The monoisotopic (exact) mass is 379 g/mol. The molecular weight excluding hydrogens is 358 g/mol. The van der Waals surface area contributed by atoms with Crippen molar-refractivity contribution in [1.82, 2.24) is 14.6 Å². The standard InChI is InChI=1S/C17H21N3O3S2/c1-13-18-11-14(24-13)12-19-17(21)16-9-5-6-10-20(16)25(22,23)15-7-3-2-4-8-15/h2-4,7-8,11,16H,5-6,9-10,12H2,1H3,(H,19,21). The van der Waals surface area contributed by atoms with E-state index in [1.807, 2.05) is 6.92 Å². The highest BCUT2D eigenvalue weighted by molar-refractivity contribution is 7.89. The maximum Gasteiger partial charge on any atom is 0.243 e. The van der Waals surface area contributed by atoms with Crippen LogP contribution >= 0.6 is 11.3 Å². The molecule has 1 atom stereocenters. The number of rotatable bonds is 5. The van der Waals surface area contributed by atoms with E-state index < -0.39 is 16.1 Å². The SMILES string of the molecule is Cc1ncc(CNC(=O)C2CCCCN2S(=O)(=O)c2ccccc2)s1. The first kappa shape index (κ1) is 18.0. The molecule has 1 saturated heterocycles. The van der Waals surface area contributed by atoms with Crippen LogP contribution in [0.4, 0.5) is 0 Å². The Kier molecular flexibility index (Phi) is 5.51. The van der Waals surface area contributed by atoms with Crippen LogP contribution in [-0.4, -0.2) is 36.2 Å². The summed E-state index contributed by atoms with van der Waals surface area (Å²) >= 11 is 1.52. The van der Waals surface area contributed by atoms with Crippen molar-refractivity contribution in [2.24, 2.45) is 0 Å². The van der Waals surface area contributed by atoms with Gasteiger partial charge in [0, 0.05) is 17.6 Å². The van der Waals surface area contributed by atoms with Crippen molar-refractivity contribution in [1.29, 1.82) is 0 Å². The molecule has 25 heavy (non-hydrogen) atoms. The Hall–Kier alpha value is -1.77. The highest BCUT2D eigenvalue weighted by atomic mass is 32.2. The van der Waals surface area contributed by atoms with E-state index in [9.17, 15) is 13.2 Å². The topological polar surface area (TPSA) is 79.4 Å². The Balaban J connectivity index is 1.75. The summed E-state index contributed by atoms with van der Waals surface area (Å²) in [7, 11) is -3.67. The summed E-state index contributed by atoms with van der Waals surface area (Å²) in [5, 5.41) is 3.80. The first-order chi connectivity index (χ1) is 12.0. The second kappa shape index (κ2) is 7.63. The second-order valence-electron chi connectivity index (χ2n) is 6.00. The smallest absolute Gasteiger partial charge is 0.243 e. The van der Waals surface area contributed by atoms with Crippen LogP contribution in [-0.2, 0) is 21.4 Å². The third-order valence-corrected chi connectivity index (χ3v) is 7.05. The number of thiazole rings is 1. The van der Waals surface area contributed by atoms with Crippen molar-refractivity contribution < 1.29 is 13.2 Å². The van der Waals surface area contributed by atoms with Crippen molar-refractivity contribution in [3.63, 3.8) is 0 Å². The first-order valence-corrected chi connectivity index (χ1v) is 10.5. The maximum absolute atomic E-state index is 12.9. The molecule has 8 heteroatoms. The Morgan fingerprint density at radius 3 is 2.76 bits per heavy atom. The van der Waals surface area contributed by atoms with Gasteiger partial charge in [-0.05, 0) is 31.9 Å². The van der Waals surface area contributed by atoms with E-state index in [0.717, 1.165) is 22.7 Å². The maximum atomic E-state index is 12.9. The lowest BCUT2D eigenvalue weighted by Gasteiger charge is -2.33. The van der Waals surface area contributed by atoms with Gasteiger partial charge >= 0.3 is 0 Å². The number of hydrogen-bond acceptors (Lipinski definition) is 5. The van der Waals surface area contributed by atoms with Crippen molar-refractivity contribution >= 4 is 27.3 Å². The molecular formula is C17H21N3O3S2. The normalized spacial score (nSPS) is 18.8. The predicted molar refractivity (Wildman–Crippen MR) is 96.7 cm³/mol. The predicted octanol–water partition coefficient (Wildman–Crippen LogP) is 2.31. The van der Waals surface area contributed by atoms with Gasteiger partial charge in [0.05, 0.1) is 16.4 Å². The molecule has 0 saturated carbocycles. The van der Waals surface area contributed by atoms with Crippen molar-refractivity contribution in [2.75, 3.05) is 6.54 Å². The van der Waals surface area contributed by atoms with Crippen LogP contribution in [0.25, 0.3) is 0 Å². The van der Waals surface area contributed by atoms with E-state index in [-0.39, 0.29) is 10.8 Å². The number of benzene rings is 1. The van der Waals surface area contributed by atoms with Gasteiger partial charge in [-0.25, -0.2) is 13.4 Å². The molecule has 0 spiro atoms. The van der Waals surface area contributed by atoms with Crippen molar-refractivity contribution in [2.45, 2.75) is 43.7 Å². The number of nitrogens with zero attached hydrogens (tertiary/aromatic N) is 2. The largest absolute Gasteiger partial charge is 0.350 e. The molecule has 1 unspecified atom stereocenters. The molecule has 1 aliphatic heterocycles. The summed E-state index contributed by atoms with van der Waals surface area (Å²) in [4.78, 5) is 18.0. The van der Waals surface area contributed by atoms with Gasteiger partial charge in [0.1, 0.15) is 6.04 Å². The number of aromatic nitrogens is 1. The number of sulfonamides is 1. The molecule has 2 heterocycles. The van der Waals surface area contributed by atoms with Crippen LogP contribution in [0.5, 0.6) is 0 Å². The Morgan fingerprint density at radius 2 is 2.08 bits per heavy atom. The van der Waals surface area contributed by atoms with E-state index in [2.05, 4.69) is 10.3 Å². The van der Waals surface area contributed by atoms with E-state index in [1.54, 1.807) is 36.5 Å². The molecule has 0 radical (unpaired) electrons. The van der Waals surface area contributed by atoms with Gasteiger partial charge in [-0.2, -0.15) is 4.31 Å². The van der Waals surface area contributed by atoms with Crippen LogP contribution in [0.15, 0.2) is 41.4 Å². The van der Waals surface area contributed by atoms with E-state index in [1.165, 1.54) is 15.6 Å². The van der Waals surface area contributed by atoms with Crippen molar-refractivity contribution in [3.05, 3.63) is 46.4 Å². The average Bonchev–Trinajstić information content (AvgIpc) is 3.06. The summed E-state index contributed by atoms with van der Waals surface area (Å²) in [5.74, 6) is -0.245. The summed E-state index contributed by atoms with van der Waals surface area (Å²) in [6, 6.07) is 7.64. The molecule has 134 valence electrons. The highest BCUT2D eigenvalue weighted by Crippen LogP contribution is 2.25. The summed E-state index contributed by atoms with van der Waals surface area (Å²) in [6.45, 7) is 2.65. The summed E-state index contributed by atoms with van der Waals surface area (Å²) in [5.41, 5.74) is 0. The number of hydrogen-bond donors (Lipinski definition) is 1. The van der Waals surface area contributed by atoms with Gasteiger partial charge in [-0.15, -0.1) is 11.3 Å². The lowest BCUT2D eigenvalue weighted by Crippen LogP contribution is -2.51. The molecule has 1 aromatic carbocycles. The van der Waals surface area contributed by atoms with Crippen LogP contribution in [0.1, 0.15) is 29.1 Å². The minimum atomic E-state index is -3.67.